The van der Waals surface area contributed by atoms with Gasteiger partial charge in [0.2, 0.25) is 11.8 Å². The van der Waals surface area contributed by atoms with E-state index in [-0.39, 0.29) is 22.5 Å². The number of rotatable bonds is 3. The number of nitro groups is 1. The number of aryl methyl sites for hydroxylation is 1. The number of non-ortho nitro benzene ring substituents is 1. The van der Waals surface area contributed by atoms with E-state index in [1.807, 2.05) is 0 Å². The quantitative estimate of drug-likeness (QED) is 0.308. The Morgan fingerprint density at radius 2 is 2.00 bits per heavy atom. The maximum Gasteiger partial charge on any atom is 0.359 e. The van der Waals surface area contributed by atoms with Crippen LogP contribution in [0.2, 0.25) is 0 Å². The number of hydrogen-bond acceptors (Lipinski definition) is 6. The fourth-order valence-electron chi connectivity index (χ4n) is 2.17. The van der Waals surface area contributed by atoms with Crippen molar-refractivity contribution in [2.24, 2.45) is 0 Å². The molecular formula is C14H11N5O4. The van der Waals surface area contributed by atoms with E-state index >= 15 is 0 Å². The second-order valence-electron chi connectivity index (χ2n) is 4.76. The van der Waals surface area contributed by atoms with E-state index in [1.165, 1.54) is 41.4 Å². The van der Waals surface area contributed by atoms with Crippen LogP contribution in [-0.2, 0) is 6.54 Å². The van der Waals surface area contributed by atoms with Crippen LogP contribution in [-0.4, -0.2) is 19.5 Å². The summed E-state index contributed by atoms with van der Waals surface area (Å²) in [7, 11) is 0. The molecule has 0 spiro atoms. The van der Waals surface area contributed by atoms with Gasteiger partial charge in [-0.25, -0.2) is 9.71 Å². The zero-order chi connectivity index (χ0) is 16.6. The molecule has 23 heavy (non-hydrogen) atoms. The van der Waals surface area contributed by atoms with Gasteiger partial charge in [-0.2, -0.15) is 0 Å². The molecule has 0 unspecified atom stereocenters. The Kier molecular flexibility index (Phi) is 3.45. The van der Waals surface area contributed by atoms with Gasteiger partial charge in [-0.3, -0.25) is 19.5 Å². The first-order valence-electron chi connectivity index (χ1n) is 6.75. The average Bonchev–Trinajstić information content (AvgIpc) is 2.55. The predicted molar refractivity (Wildman–Crippen MR) is 80.5 cm³/mol. The number of hydrogen-bond donors (Lipinski definition) is 0. The monoisotopic (exact) mass is 313 g/mol. The molecule has 3 aromatic rings. The number of nitro benzene ring substituents is 1. The van der Waals surface area contributed by atoms with Gasteiger partial charge in [-0.15, -0.1) is 0 Å². The van der Waals surface area contributed by atoms with Crippen LogP contribution in [0.5, 0.6) is 0 Å². The fraction of sp³-hybridized carbons (Fsp3) is 0.143. The lowest BCUT2D eigenvalue weighted by Gasteiger charge is -2.07. The third-order valence-corrected chi connectivity index (χ3v) is 3.39. The van der Waals surface area contributed by atoms with Crippen molar-refractivity contribution < 1.29 is 9.65 Å². The molecule has 0 saturated heterocycles. The van der Waals surface area contributed by atoms with Crippen LogP contribution in [0.4, 0.5) is 5.69 Å². The van der Waals surface area contributed by atoms with Gasteiger partial charge in [0.25, 0.3) is 11.2 Å². The molecule has 2 aromatic heterocycles. The summed E-state index contributed by atoms with van der Waals surface area (Å²) < 4.78 is 1.81. The molecule has 0 N–H and O–H groups in total. The third-order valence-electron chi connectivity index (χ3n) is 3.39. The summed E-state index contributed by atoms with van der Waals surface area (Å²) in [5.41, 5.74) is 0.152. The first kappa shape index (κ1) is 14.6. The highest BCUT2D eigenvalue weighted by Crippen LogP contribution is 2.20. The van der Waals surface area contributed by atoms with E-state index in [0.717, 1.165) is 0 Å². The molecule has 0 aliphatic rings. The minimum Gasteiger partial charge on any atom is -0.710 e. The van der Waals surface area contributed by atoms with Gasteiger partial charge in [0.05, 0.1) is 4.92 Å². The second kappa shape index (κ2) is 5.44. The summed E-state index contributed by atoms with van der Waals surface area (Å²) in [6.45, 7) is 2.18. The summed E-state index contributed by atoms with van der Waals surface area (Å²) in [6, 6.07) is 5.57. The van der Waals surface area contributed by atoms with Crippen LogP contribution in [0.25, 0.3) is 22.4 Å². The Morgan fingerprint density at radius 3 is 2.61 bits per heavy atom. The molecule has 0 saturated carbocycles. The molecule has 0 bridgehead atoms. The lowest BCUT2D eigenvalue weighted by molar-refractivity contribution is -0.579. The third kappa shape index (κ3) is 2.48. The van der Waals surface area contributed by atoms with Crippen LogP contribution in [0.3, 0.4) is 0 Å². The summed E-state index contributed by atoms with van der Waals surface area (Å²) in [6.07, 6.45) is 2.48. The second-order valence-corrected chi connectivity index (χ2v) is 4.76. The Morgan fingerprint density at radius 1 is 1.30 bits per heavy atom. The van der Waals surface area contributed by atoms with Crippen LogP contribution in [0, 0.1) is 15.3 Å². The Hall–Kier alpha value is -3.36. The van der Waals surface area contributed by atoms with Gasteiger partial charge in [-0.05, 0) is 24.0 Å². The van der Waals surface area contributed by atoms with Crippen LogP contribution in [0.1, 0.15) is 6.92 Å². The summed E-state index contributed by atoms with van der Waals surface area (Å²) in [5, 5.41) is 22.7. The standard InChI is InChI=1S/C14H11N5O4/c1-2-17-8-15-13-12(14(17)20)16-11(7-18(13)21)9-3-5-10(6-4-9)19(22)23/h3-8H,2H2,1H3. The van der Waals surface area contributed by atoms with Gasteiger partial charge in [0, 0.05) is 24.2 Å². The Balaban J connectivity index is 2.20. The highest BCUT2D eigenvalue weighted by molar-refractivity contribution is 5.70. The van der Waals surface area contributed by atoms with Gasteiger partial charge in [0.15, 0.2) is 0 Å². The molecule has 9 nitrogen and oxygen atoms in total. The van der Waals surface area contributed by atoms with E-state index in [1.54, 1.807) is 6.92 Å². The Labute approximate surface area is 129 Å². The fourth-order valence-corrected chi connectivity index (χ4v) is 2.17. The van der Waals surface area contributed by atoms with Gasteiger partial charge in [-0.1, -0.05) is 0 Å². The van der Waals surface area contributed by atoms with Crippen molar-refractivity contribution in [3.8, 4) is 11.3 Å². The van der Waals surface area contributed by atoms with E-state index < -0.39 is 10.5 Å². The highest BCUT2D eigenvalue weighted by atomic mass is 16.6. The van der Waals surface area contributed by atoms with E-state index in [4.69, 9.17) is 0 Å². The zero-order valence-electron chi connectivity index (χ0n) is 12.0. The van der Waals surface area contributed by atoms with Crippen molar-refractivity contribution in [2.45, 2.75) is 13.5 Å². The van der Waals surface area contributed by atoms with Crippen LogP contribution >= 0.6 is 0 Å². The minimum absolute atomic E-state index is 0.0415. The minimum atomic E-state index is -0.519. The van der Waals surface area contributed by atoms with Crippen molar-refractivity contribution in [1.29, 1.82) is 0 Å². The number of nitrogens with zero attached hydrogens (tertiary/aromatic N) is 5. The molecule has 0 amide bonds. The maximum absolute atomic E-state index is 12.3. The summed E-state index contributed by atoms with van der Waals surface area (Å²) in [4.78, 5) is 30.6. The number of fused-ring (bicyclic) bond motifs is 1. The van der Waals surface area contributed by atoms with Crippen molar-refractivity contribution in [3.05, 3.63) is 62.5 Å². The van der Waals surface area contributed by atoms with Crippen LogP contribution < -0.4 is 10.3 Å². The molecule has 3 rings (SSSR count). The molecule has 0 radical (unpaired) electrons. The first-order valence-corrected chi connectivity index (χ1v) is 6.75. The van der Waals surface area contributed by atoms with E-state index in [9.17, 15) is 20.1 Å². The molecule has 0 aliphatic heterocycles. The molecule has 116 valence electrons. The molecular weight excluding hydrogens is 302 g/mol. The van der Waals surface area contributed by atoms with Crippen molar-refractivity contribution >= 4 is 16.9 Å². The van der Waals surface area contributed by atoms with E-state index in [2.05, 4.69) is 9.97 Å². The number of aromatic nitrogens is 4. The normalized spacial score (nSPS) is 10.8. The molecule has 0 atom stereocenters. The Bertz CT molecular complexity index is 965. The lowest BCUT2D eigenvalue weighted by Crippen LogP contribution is -2.33. The zero-order valence-corrected chi connectivity index (χ0v) is 12.0. The van der Waals surface area contributed by atoms with Gasteiger partial charge in [0.1, 0.15) is 11.9 Å². The predicted octanol–water partition coefficient (Wildman–Crippen LogP) is 1.02. The van der Waals surface area contributed by atoms with Crippen LogP contribution in [0.15, 0.2) is 41.6 Å². The molecule has 1 aromatic carbocycles. The molecule has 2 heterocycles. The van der Waals surface area contributed by atoms with Crippen molar-refractivity contribution in [2.75, 3.05) is 0 Å². The van der Waals surface area contributed by atoms with Crippen molar-refractivity contribution in [1.82, 2.24) is 14.5 Å². The first-order chi connectivity index (χ1) is 11.0. The summed E-state index contributed by atoms with van der Waals surface area (Å²) in [5.74, 6) is 0. The smallest absolute Gasteiger partial charge is 0.359 e. The topological polar surface area (TPSA) is 118 Å². The SMILES string of the molecule is CCn1cnc2c(nc(-c3ccc([N+](=O)[O-])cc3)c[n+]2[O-])c1=O. The largest absolute Gasteiger partial charge is 0.710 e. The number of benzene rings is 1. The van der Waals surface area contributed by atoms with Gasteiger partial charge >= 0.3 is 5.65 Å². The average molecular weight is 313 g/mol. The van der Waals surface area contributed by atoms with E-state index in [0.29, 0.717) is 16.8 Å². The van der Waals surface area contributed by atoms with Crippen molar-refractivity contribution in [3.63, 3.8) is 0 Å². The maximum atomic E-state index is 12.3. The lowest BCUT2D eigenvalue weighted by atomic mass is 10.1. The molecule has 0 fully saturated rings. The molecule has 9 heteroatoms. The van der Waals surface area contributed by atoms with Gasteiger partial charge < -0.3 is 5.21 Å². The highest BCUT2D eigenvalue weighted by Gasteiger charge is 2.16. The molecule has 0 aliphatic carbocycles. The summed E-state index contributed by atoms with van der Waals surface area (Å²) >= 11 is 0.